The van der Waals surface area contributed by atoms with Crippen LogP contribution in [0.4, 0.5) is 5.69 Å². The van der Waals surface area contributed by atoms with Crippen LogP contribution in [-0.4, -0.2) is 14.3 Å². The summed E-state index contributed by atoms with van der Waals surface area (Å²) >= 11 is 5.98. The number of sulfonamides is 1. The van der Waals surface area contributed by atoms with Gasteiger partial charge in [0.25, 0.3) is 0 Å². The number of rotatable bonds is 3. The van der Waals surface area contributed by atoms with Gasteiger partial charge in [0.1, 0.15) is 0 Å². The summed E-state index contributed by atoms with van der Waals surface area (Å²) in [5.74, 6) is -0.0262. The predicted octanol–water partition coefficient (Wildman–Crippen LogP) is 1.64. The quantitative estimate of drug-likeness (QED) is 0.886. The summed E-state index contributed by atoms with van der Waals surface area (Å²) in [5, 5.41) is 7.92. The van der Waals surface area contributed by atoms with E-state index in [1.807, 2.05) is 0 Å². The van der Waals surface area contributed by atoms with E-state index >= 15 is 0 Å². The molecule has 0 radical (unpaired) electrons. The smallest absolute Gasteiger partial charge is 0.238 e. The van der Waals surface area contributed by atoms with Gasteiger partial charge in [-0.25, -0.2) is 13.6 Å². The molecule has 0 aliphatic heterocycles. The van der Waals surface area contributed by atoms with Crippen molar-refractivity contribution < 1.29 is 13.2 Å². The molecule has 7 heteroatoms. The molecule has 1 aromatic carbocycles. The topological polar surface area (TPSA) is 89.3 Å². The van der Waals surface area contributed by atoms with Gasteiger partial charge in [-0.2, -0.15) is 0 Å². The van der Waals surface area contributed by atoms with Gasteiger partial charge >= 0.3 is 0 Å². The minimum Gasteiger partial charge on any atom is -0.324 e. The zero-order chi connectivity index (χ0) is 13.5. The maximum absolute atomic E-state index is 11.6. The number of aryl methyl sites for hydroxylation is 1. The van der Waals surface area contributed by atoms with Crippen LogP contribution in [0.2, 0.25) is 5.02 Å². The second-order valence-electron chi connectivity index (χ2n) is 4.41. The summed E-state index contributed by atoms with van der Waals surface area (Å²) < 4.78 is 22.4. The van der Waals surface area contributed by atoms with Crippen LogP contribution in [0.25, 0.3) is 0 Å². The highest BCUT2D eigenvalue weighted by Gasteiger charge is 2.30. The van der Waals surface area contributed by atoms with Gasteiger partial charge in [-0.3, -0.25) is 4.79 Å². The van der Waals surface area contributed by atoms with Crippen LogP contribution in [0, 0.1) is 12.8 Å². The Morgan fingerprint density at radius 3 is 2.50 bits per heavy atom. The van der Waals surface area contributed by atoms with Gasteiger partial charge in [0, 0.05) is 5.92 Å². The lowest BCUT2D eigenvalue weighted by molar-refractivity contribution is -0.117. The third-order valence-electron chi connectivity index (χ3n) is 2.79. The number of nitrogens with one attached hydrogen (secondary N) is 1. The lowest BCUT2D eigenvalue weighted by atomic mass is 10.2. The van der Waals surface area contributed by atoms with Crippen molar-refractivity contribution in [2.45, 2.75) is 24.7 Å². The Hall–Kier alpha value is -1.11. The molecule has 18 heavy (non-hydrogen) atoms. The van der Waals surface area contributed by atoms with E-state index in [9.17, 15) is 13.2 Å². The van der Waals surface area contributed by atoms with Crippen LogP contribution in [0.15, 0.2) is 17.0 Å². The van der Waals surface area contributed by atoms with Crippen LogP contribution in [0.3, 0.4) is 0 Å². The Morgan fingerprint density at radius 1 is 1.44 bits per heavy atom. The normalized spacial score (nSPS) is 15.5. The third kappa shape index (κ3) is 2.82. The van der Waals surface area contributed by atoms with Gasteiger partial charge in [-0.05, 0) is 37.5 Å². The van der Waals surface area contributed by atoms with Crippen molar-refractivity contribution in [2.24, 2.45) is 11.1 Å². The van der Waals surface area contributed by atoms with E-state index < -0.39 is 10.0 Å². The Labute approximate surface area is 110 Å². The molecule has 0 bridgehead atoms. The van der Waals surface area contributed by atoms with Crippen molar-refractivity contribution >= 4 is 33.2 Å². The second kappa shape index (κ2) is 4.53. The molecule has 5 nitrogen and oxygen atoms in total. The molecular weight excluding hydrogens is 276 g/mol. The van der Waals surface area contributed by atoms with Gasteiger partial charge in [0.15, 0.2) is 0 Å². The lowest BCUT2D eigenvalue weighted by Crippen LogP contribution is -2.16. The maximum atomic E-state index is 11.6. The van der Waals surface area contributed by atoms with Crippen molar-refractivity contribution in [1.82, 2.24) is 0 Å². The molecule has 2 rings (SSSR count). The van der Waals surface area contributed by atoms with Gasteiger partial charge in [0.05, 0.1) is 15.6 Å². The number of benzene rings is 1. The largest absolute Gasteiger partial charge is 0.324 e. The third-order valence-corrected chi connectivity index (χ3v) is 3.98. The molecule has 0 heterocycles. The number of hydrogen-bond donors (Lipinski definition) is 2. The van der Waals surface area contributed by atoms with Crippen LogP contribution >= 0.6 is 11.6 Å². The number of carbonyl (C=O) groups excluding carboxylic acids is 1. The standard InChI is InChI=1S/C11H13ClN2O3S/c1-6-4-8(18(13,16)17)5-9(12)10(6)14-11(15)7-2-3-7/h4-5,7H,2-3H2,1H3,(H,14,15)(H2,13,16,17). The van der Waals surface area contributed by atoms with Crippen LogP contribution in [0.5, 0.6) is 0 Å². The minimum atomic E-state index is -3.79. The molecule has 98 valence electrons. The number of hydrogen-bond acceptors (Lipinski definition) is 3. The molecular formula is C11H13ClN2O3S. The van der Waals surface area contributed by atoms with Crippen molar-refractivity contribution in [1.29, 1.82) is 0 Å². The monoisotopic (exact) mass is 288 g/mol. The number of halogens is 1. The molecule has 0 atom stereocenters. The van der Waals surface area contributed by atoms with Crippen molar-refractivity contribution in [3.8, 4) is 0 Å². The number of anilines is 1. The zero-order valence-electron chi connectivity index (χ0n) is 9.73. The number of carbonyl (C=O) groups is 1. The van der Waals surface area contributed by atoms with Crippen LogP contribution in [0.1, 0.15) is 18.4 Å². The lowest BCUT2D eigenvalue weighted by Gasteiger charge is -2.11. The summed E-state index contributed by atoms with van der Waals surface area (Å²) in [7, 11) is -3.79. The van der Waals surface area contributed by atoms with E-state index in [0.717, 1.165) is 12.8 Å². The van der Waals surface area contributed by atoms with Crippen molar-refractivity contribution in [3.63, 3.8) is 0 Å². The molecule has 1 aromatic rings. The predicted molar refractivity (Wildman–Crippen MR) is 68.9 cm³/mol. The van der Waals surface area contributed by atoms with Gasteiger partial charge in [0.2, 0.25) is 15.9 Å². The molecule has 3 N–H and O–H groups in total. The van der Waals surface area contributed by atoms with E-state index in [0.29, 0.717) is 11.3 Å². The molecule has 1 fully saturated rings. The first-order valence-corrected chi connectivity index (χ1v) is 7.35. The summed E-state index contributed by atoms with van der Waals surface area (Å²) in [5.41, 5.74) is 1.02. The van der Waals surface area contributed by atoms with Crippen molar-refractivity contribution in [2.75, 3.05) is 5.32 Å². The first kappa shape index (κ1) is 13.3. The Bertz CT molecular complexity index is 586. The summed E-state index contributed by atoms with van der Waals surface area (Å²) in [4.78, 5) is 11.6. The van der Waals surface area contributed by atoms with Gasteiger partial charge in [-0.15, -0.1) is 0 Å². The molecule has 1 aliphatic carbocycles. The Balaban J connectivity index is 2.34. The molecule has 0 aromatic heterocycles. The van der Waals surface area contributed by atoms with E-state index in [1.165, 1.54) is 12.1 Å². The molecule has 0 unspecified atom stereocenters. The summed E-state index contributed by atoms with van der Waals surface area (Å²) in [6.07, 6.45) is 1.77. The highest BCUT2D eigenvalue weighted by molar-refractivity contribution is 7.89. The minimum absolute atomic E-state index is 0.0541. The molecule has 1 saturated carbocycles. The van der Waals surface area contributed by atoms with Crippen LogP contribution in [-0.2, 0) is 14.8 Å². The fourth-order valence-electron chi connectivity index (χ4n) is 1.61. The molecule has 0 spiro atoms. The van der Waals surface area contributed by atoms with E-state index in [4.69, 9.17) is 16.7 Å². The highest BCUT2D eigenvalue weighted by Crippen LogP contribution is 2.33. The van der Waals surface area contributed by atoms with E-state index in [-0.39, 0.29) is 21.7 Å². The fourth-order valence-corrected chi connectivity index (χ4v) is 2.61. The van der Waals surface area contributed by atoms with Crippen molar-refractivity contribution in [3.05, 3.63) is 22.7 Å². The van der Waals surface area contributed by atoms with Crippen LogP contribution < -0.4 is 10.5 Å². The first-order valence-electron chi connectivity index (χ1n) is 5.43. The number of amides is 1. The number of primary sulfonamides is 1. The highest BCUT2D eigenvalue weighted by atomic mass is 35.5. The average molecular weight is 289 g/mol. The SMILES string of the molecule is Cc1cc(S(N)(=O)=O)cc(Cl)c1NC(=O)C1CC1. The average Bonchev–Trinajstić information content (AvgIpc) is 3.04. The molecule has 1 aliphatic rings. The van der Waals surface area contributed by atoms with Gasteiger partial charge in [-0.1, -0.05) is 11.6 Å². The van der Waals surface area contributed by atoms with E-state index in [2.05, 4.69) is 5.32 Å². The molecule has 1 amide bonds. The Morgan fingerprint density at radius 2 is 2.06 bits per heavy atom. The molecule has 0 saturated heterocycles. The summed E-state index contributed by atoms with van der Waals surface area (Å²) in [6, 6.07) is 2.64. The fraction of sp³-hybridized carbons (Fsp3) is 0.364. The van der Waals surface area contributed by atoms with E-state index in [1.54, 1.807) is 6.92 Å². The number of nitrogens with two attached hydrogens (primary N) is 1. The Kier molecular flexibility index (Phi) is 3.35. The maximum Gasteiger partial charge on any atom is 0.238 e. The van der Waals surface area contributed by atoms with Gasteiger partial charge < -0.3 is 5.32 Å². The zero-order valence-corrected chi connectivity index (χ0v) is 11.3. The second-order valence-corrected chi connectivity index (χ2v) is 6.37. The first-order chi connectivity index (χ1) is 8.29. The summed E-state index contributed by atoms with van der Waals surface area (Å²) in [6.45, 7) is 1.67.